The summed E-state index contributed by atoms with van der Waals surface area (Å²) in [5.41, 5.74) is 0.678. The first-order valence-electron chi connectivity index (χ1n) is 5.37. The highest BCUT2D eigenvalue weighted by Crippen LogP contribution is 2.37. The first kappa shape index (κ1) is 13.6. The van der Waals surface area contributed by atoms with Gasteiger partial charge >= 0.3 is 5.69 Å². The van der Waals surface area contributed by atoms with Crippen molar-refractivity contribution in [3.63, 3.8) is 0 Å². The van der Waals surface area contributed by atoms with Crippen LogP contribution in [0.2, 0.25) is 5.02 Å². The average molecular weight is 298 g/mol. The molecule has 0 heterocycles. The number of rotatable bonds is 4. The van der Waals surface area contributed by atoms with Gasteiger partial charge < -0.3 is 4.74 Å². The van der Waals surface area contributed by atoms with E-state index in [1.165, 1.54) is 18.2 Å². The summed E-state index contributed by atoms with van der Waals surface area (Å²) in [5, 5.41) is 11.1. The molecule has 0 bridgehead atoms. The van der Waals surface area contributed by atoms with E-state index in [4.69, 9.17) is 27.9 Å². The second kappa shape index (κ2) is 5.91. The van der Waals surface area contributed by atoms with Crippen LogP contribution >= 0.6 is 23.2 Å². The molecule has 0 amide bonds. The van der Waals surface area contributed by atoms with Crippen molar-refractivity contribution in [1.29, 1.82) is 0 Å². The van der Waals surface area contributed by atoms with Gasteiger partial charge in [0.15, 0.2) is 0 Å². The van der Waals surface area contributed by atoms with Gasteiger partial charge in [0, 0.05) is 11.9 Å². The molecule has 98 valence electrons. The topological polar surface area (TPSA) is 52.4 Å². The largest absolute Gasteiger partial charge is 0.449 e. The fourth-order valence-electron chi connectivity index (χ4n) is 1.55. The molecule has 0 aliphatic rings. The maximum absolute atomic E-state index is 10.9. The summed E-state index contributed by atoms with van der Waals surface area (Å²) in [5.74, 6) is 0.817. The summed E-state index contributed by atoms with van der Waals surface area (Å²) in [7, 11) is 0. The number of benzene rings is 2. The van der Waals surface area contributed by atoms with Crippen molar-refractivity contribution >= 4 is 28.9 Å². The third-order valence-electron chi connectivity index (χ3n) is 2.42. The average Bonchev–Trinajstić information content (AvgIpc) is 2.41. The fraction of sp³-hybridized carbons (Fsp3) is 0.0769. The number of nitro benzene ring substituents is 1. The molecule has 2 aromatic carbocycles. The molecular formula is C13H9Cl2NO3. The maximum atomic E-state index is 10.9. The Balaban J connectivity index is 2.40. The Kier molecular flexibility index (Phi) is 4.24. The van der Waals surface area contributed by atoms with Gasteiger partial charge in [-0.3, -0.25) is 10.1 Å². The zero-order valence-electron chi connectivity index (χ0n) is 9.68. The van der Waals surface area contributed by atoms with E-state index < -0.39 is 4.92 Å². The number of alkyl halides is 1. The van der Waals surface area contributed by atoms with Gasteiger partial charge in [-0.1, -0.05) is 29.8 Å². The molecule has 2 aromatic rings. The molecule has 2 rings (SSSR count). The van der Waals surface area contributed by atoms with Crippen LogP contribution in [-0.4, -0.2) is 4.92 Å². The molecule has 6 heteroatoms. The highest BCUT2D eigenvalue weighted by molar-refractivity contribution is 6.32. The Morgan fingerprint density at radius 1 is 1.21 bits per heavy atom. The van der Waals surface area contributed by atoms with Gasteiger partial charge in [0.25, 0.3) is 0 Å². The van der Waals surface area contributed by atoms with Crippen molar-refractivity contribution in [3.05, 3.63) is 63.2 Å². The molecular weight excluding hydrogens is 289 g/mol. The van der Waals surface area contributed by atoms with Crippen molar-refractivity contribution in [2.24, 2.45) is 0 Å². The standard InChI is InChI=1S/C13H9Cl2NO3/c14-8-9-3-1-4-10(7-9)19-13-11(15)5-2-6-12(13)16(17)18/h1-7H,8H2. The lowest BCUT2D eigenvalue weighted by Crippen LogP contribution is -1.94. The van der Waals surface area contributed by atoms with Crippen LogP contribution in [0.4, 0.5) is 5.69 Å². The van der Waals surface area contributed by atoms with Gasteiger partial charge in [0.2, 0.25) is 5.75 Å². The Morgan fingerprint density at radius 2 is 1.95 bits per heavy atom. The Labute approximate surface area is 119 Å². The van der Waals surface area contributed by atoms with E-state index in [0.717, 1.165) is 5.56 Å². The molecule has 0 radical (unpaired) electrons. The molecule has 0 fully saturated rings. The second-order valence-electron chi connectivity index (χ2n) is 3.73. The summed E-state index contributed by atoms with van der Waals surface area (Å²) in [4.78, 5) is 10.4. The molecule has 4 nitrogen and oxygen atoms in total. The van der Waals surface area contributed by atoms with E-state index in [2.05, 4.69) is 0 Å². The minimum absolute atomic E-state index is 0.0286. The van der Waals surface area contributed by atoms with Crippen LogP contribution in [0.25, 0.3) is 0 Å². The molecule has 0 spiro atoms. The number of para-hydroxylation sites is 1. The van der Waals surface area contributed by atoms with Crippen LogP contribution in [-0.2, 0) is 5.88 Å². The first-order valence-corrected chi connectivity index (χ1v) is 6.28. The predicted molar refractivity (Wildman–Crippen MR) is 74.2 cm³/mol. The van der Waals surface area contributed by atoms with Crippen LogP contribution in [0.5, 0.6) is 11.5 Å². The van der Waals surface area contributed by atoms with Crippen molar-refractivity contribution in [1.82, 2.24) is 0 Å². The summed E-state index contributed by atoms with van der Waals surface area (Å²) in [6.45, 7) is 0. The Morgan fingerprint density at radius 3 is 2.63 bits per heavy atom. The third-order valence-corrected chi connectivity index (χ3v) is 3.02. The molecule has 0 saturated carbocycles. The van der Waals surface area contributed by atoms with Gasteiger partial charge in [-0.25, -0.2) is 0 Å². The van der Waals surface area contributed by atoms with E-state index in [0.29, 0.717) is 11.6 Å². The van der Waals surface area contributed by atoms with Crippen LogP contribution in [0.15, 0.2) is 42.5 Å². The van der Waals surface area contributed by atoms with E-state index in [9.17, 15) is 10.1 Å². The summed E-state index contributed by atoms with van der Waals surface area (Å²) >= 11 is 11.7. The number of ether oxygens (including phenoxy) is 1. The number of hydrogen-bond donors (Lipinski definition) is 0. The molecule has 0 aliphatic carbocycles. The smallest absolute Gasteiger partial charge is 0.313 e. The lowest BCUT2D eigenvalue weighted by molar-refractivity contribution is -0.385. The predicted octanol–water partition coefficient (Wildman–Crippen LogP) is 4.78. The van der Waals surface area contributed by atoms with Gasteiger partial charge in [-0.05, 0) is 23.8 Å². The zero-order chi connectivity index (χ0) is 13.8. The lowest BCUT2D eigenvalue weighted by Gasteiger charge is -2.08. The number of nitrogens with zero attached hydrogens (tertiary/aromatic N) is 1. The van der Waals surface area contributed by atoms with E-state index in [1.807, 2.05) is 6.07 Å². The number of hydrogen-bond acceptors (Lipinski definition) is 3. The summed E-state index contributed by atoms with van der Waals surface area (Å²) in [6, 6.07) is 11.4. The van der Waals surface area contributed by atoms with Crippen LogP contribution in [0, 0.1) is 10.1 Å². The monoisotopic (exact) mass is 297 g/mol. The highest BCUT2D eigenvalue weighted by atomic mass is 35.5. The highest BCUT2D eigenvalue weighted by Gasteiger charge is 2.18. The molecule has 0 atom stereocenters. The van der Waals surface area contributed by atoms with Gasteiger partial charge in [-0.2, -0.15) is 0 Å². The van der Waals surface area contributed by atoms with Gasteiger partial charge in [-0.15, -0.1) is 11.6 Å². The summed E-state index contributed by atoms with van der Waals surface area (Å²) < 4.78 is 5.51. The van der Waals surface area contributed by atoms with Crippen molar-refractivity contribution in [2.75, 3.05) is 0 Å². The SMILES string of the molecule is O=[N+]([O-])c1cccc(Cl)c1Oc1cccc(CCl)c1. The van der Waals surface area contributed by atoms with E-state index in [-0.39, 0.29) is 16.5 Å². The van der Waals surface area contributed by atoms with Crippen molar-refractivity contribution in [2.45, 2.75) is 5.88 Å². The number of nitro groups is 1. The van der Waals surface area contributed by atoms with E-state index in [1.54, 1.807) is 18.2 Å². The molecule has 0 saturated heterocycles. The molecule has 19 heavy (non-hydrogen) atoms. The molecule has 0 aromatic heterocycles. The molecule has 0 N–H and O–H groups in total. The zero-order valence-corrected chi connectivity index (χ0v) is 11.2. The summed E-state index contributed by atoms with van der Waals surface area (Å²) in [6.07, 6.45) is 0. The van der Waals surface area contributed by atoms with Crippen LogP contribution in [0.3, 0.4) is 0 Å². The Bertz CT molecular complexity index is 617. The van der Waals surface area contributed by atoms with Crippen LogP contribution in [0.1, 0.15) is 5.56 Å². The third kappa shape index (κ3) is 3.16. The number of halogens is 2. The molecule has 0 unspecified atom stereocenters. The van der Waals surface area contributed by atoms with Gasteiger partial charge in [0.05, 0.1) is 9.95 Å². The normalized spacial score (nSPS) is 10.2. The first-order chi connectivity index (χ1) is 9.11. The van der Waals surface area contributed by atoms with Gasteiger partial charge in [0.1, 0.15) is 5.75 Å². The fourth-order valence-corrected chi connectivity index (χ4v) is 1.93. The van der Waals surface area contributed by atoms with Crippen molar-refractivity contribution in [3.8, 4) is 11.5 Å². The quantitative estimate of drug-likeness (QED) is 0.463. The molecule has 0 aliphatic heterocycles. The maximum Gasteiger partial charge on any atom is 0.313 e. The Hall–Kier alpha value is -1.78. The lowest BCUT2D eigenvalue weighted by atomic mass is 10.2. The minimum atomic E-state index is -0.535. The van der Waals surface area contributed by atoms with Crippen LogP contribution < -0.4 is 4.74 Å². The van der Waals surface area contributed by atoms with Crippen molar-refractivity contribution < 1.29 is 9.66 Å². The second-order valence-corrected chi connectivity index (χ2v) is 4.40. The van der Waals surface area contributed by atoms with E-state index >= 15 is 0 Å². The minimum Gasteiger partial charge on any atom is -0.449 e.